The number of benzene rings is 2. The average molecular weight is 378 g/mol. The van der Waals surface area contributed by atoms with E-state index in [0.29, 0.717) is 17.3 Å². The molecule has 2 aromatic carbocycles. The van der Waals surface area contributed by atoms with Crippen molar-refractivity contribution in [1.29, 1.82) is 0 Å². The lowest BCUT2D eigenvalue weighted by molar-refractivity contribution is 0.311. The summed E-state index contributed by atoms with van der Waals surface area (Å²) in [7, 11) is -3.16. The number of hydrogen-bond donors (Lipinski definition) is 0. The van der Waals surface area contributed by atoms with Crippen LogP contribution < -0.4 is 9.64 Å². The summed E-state index contributed by atoms with van der Waals surface area (Å²) in [5.41, 5.74) is 1.32. The molecule has 0 bridgehead atoms. The van der Waals surface area contributed by atoms with Crippen LogP contribution in [0.2, 0.25) is 0 Å². The zero-order chi connectivity index (χ0) is 17.7. The highest BCUT2D eigenvalue weighted by atomic mass is 32.2. The molecule has 25 heavy (non-hydrogen) atoms. The molecule has 0 fully saturated rings. The molecule has 4 nitrogen and oxygen atoms in total. The predicted octanol–water partition coefficient (Wildman–Crippen LogP) is 3.86. The Hall–Kier alpha value is -1.66. The molecule has 1 heterocycles. The number of para-hydroxylation sites is 1. The first-order valence-corrected chi connectivity index (χ1v) is 11.3. The monoisotopic (exact) mass is 377 g/mol. The van der Waals surface area contributed by atoms with Crippen molar-refractivity contribution in [2.24, 2.45) is 0 Å². The molecule has 0 radical (unpaired) electrons. The number of thioether (sulfide) groups is 1. The highest BCUT2D eigenvalue weighted by molar-refractivity contribution is 7.99. The number of anilines is 1. The second-order valence-electron chi connectivity index (χ2n) is 6.10. The molecule has 0 amide bonds. The molecule has 0 saturated carbocycles. The first kappa shape index (κ1) is 18.1. The minimum atomic E-state index is -3.16. The zero-order valence-electron chi connectivity index (χ0n) is 14.3. The van der Waals surface area contributed by atoms with Gasteiger partial charge in [-0.1, -0.05) is 12.1 Å². The summed E-state index contributed by atoms with van der Waals surface area (Å²) < 4.78 is 28.7. The van der Waals surface area contributed by atoms with Crippen molar-refractivity contribution >= 4 is 27.3 Å². The van der Waals surface area contributed by atoms with Crippen LogP contribution in [0, 0.1) is 0 Å². The fraction of sp³-hybridized carbons (Fsp3) is 0.368. The maximum atomic E-state index is 11.5. The van der Waals surface area contributed by atoms with Gasteiger partial charge in [-0.3, -0.25) is 0 Å². The Labute approximate surface area is 154 Å². The van der Waals surface area contributed by atoms with Gasteiger partial charge in [0.25, 0.3) is 0 Å². The summed E-state index contributed by atoms with van der Waals surface area (Å²) >= 11 is 1.93. The van der Waals surface area contributed by atoms with Crippen LogP contribution in [-0.2, 0) is 9.84 Å². The minimum absolute atomic E-state index is 0.318. The first-order valence-electron chi connectivity index (χ1n) is 8.44. The topological polar surface area (TPSA) is 46.6 Å². The van der Waals surface area contributed by atoms with Gasteiger partial charge in [0.05, 0.1) is 17.2 Å². The predicted molar refractivity (Wildman–Crippen MR) is 104 cm³/mol. The van der Waals surface area contributed by atoms with E-state index in [1.807, 2.05) is 11.8 Å². The average Bonchev–Trinajstić information content (AvgIpc) is 2.81. The van der Waals surface area contributed by atoms with E-state index in [1.54, 1.807) is 24.3 Å². The lowest BCUT2D eigenvalue weighted by atomic mass is 10.2. The molecule has 1 aliphatic heterocycles. The third-order valence-corrected chi connectivity index (χ3v) is 6.41. The van der Waals surface area contributed by atoms with Crippen LogP contribution in [0.15, 0.2) is 58.3 Å². The van der Waals surface area contributed by atoms with Gasteiger partial charge in [0, 0.05) is 24.2 Å². The summed E-state index contributed by atoms with van der Waals surface area (Å²) in [5, 5.41) is 0. The number of ether oxygens (including phenoxy) is 1. The summed E-state index contributed by atoms with van der Waals surface area (Å²) in [6.45, 7) is 2.65. The van der Waals surface area contributed by atoms with Crippen molar-refractivity contribution in [3.8, 4) is 5.75 Å². The van der Waals surface area contributed by atoms with Gasteiger partial charge < -0.3 is 9.64 Å². The lowest BCUT2D eigenvalue weighted by Gasteiger charge is -2.24. The Morgan fingerprint density at radius 3 is 2.64 bits per heavy atom. The van der Waals surface area contributed by atoms with Crippen LogP contribution >= 0.6 is 11.8 Å². The van der Waals surface area contributed by atoms with Crippen molar-refractivity contribution in [1.82, 2.24) is 0 Å². The van der Waals surface area contributed by atoms with E-state index in [-0.39, 0.29) is 0 Å². The largest absolute Gasteiger partial charge is 0.494 e. The van der Waals surface area contributed by atoms with E-state index in [2.05, 4.69) is 29.2 Å². The minimum Gasteiger partial charge on any atom is -0.494 e. The van der Waals surface area contributed by atoms with E-state index in [0.717, 1.165) is 25.3 Å². The molecule has 3 rings (SSSR count). The SMILES string of the molecule is CS(=O)(=O)c1ccc(OCCCN2CCCSc3ccccc32)cc1. The second-order valence-corrected chi connectivity index (χ2v) is 9.25. The fourth-order valence-electron chi connectivity index (χ4n) is 2.86. The number of sulfone groups is 1. The zero-order valence-corrected chi connectivity index (χ0v) is 16.0. The van der Waals surface area contributed by atoms with E-state index in [9.17, 15) is 8.42 Å². The number of hydrogen-bond acceptors (Lipinski definition) is 5. The molecule has 0 atom stereocenters. The Bertz CT molecular complexity index is 804. The van der Waals surface area contributed by atoms with E-state index in [1.165, 1.54) is 23.3 Å². The molecule has 6 heteroatoms. The van der Waals surface area contributed by atoms with Crippen LogP contribution in [-0.4, -0.2) is 40.1 Å². The van der Waals surface area contributed by atoms with Gasteiger partial charge >= 0.3 is 0 Å². The van der Waals surface area contributed by atoms with Crippen LogP contribution in [0.1, 0.15) is 12.8 Å². The van der Waals surface area contributed by atoms with Crippen molar-refractivity contribution in [3.05, 3.63) is 48.5 Å². The van der Waals surface area contributed by atoms with Gasteiger partial charge in [-0.15, -0.1) is 11.8 Å². The Morgan fingerprint density at radius 2 is 1.88 bits per heavy atom. The lowest BCUT2D eigenvalue weighted by Crippen LogP contribution is -2.26. The quantitative estimate of drug-likeness (QED) is 0.716. The molecule has 134 valence electrons. The molecule has 0 spiro atoms. The van der Waals surface area contributed by atoms with Crippen LogP contribution in [0.4, 0.5) is 5.69 Å². The molecule has 0 saturated heterocycles. The standard InChI is InChI=1S/C19H23NO3S2/c1-25(21,22)17-10-8-16(9-11-17)23-14-4-12-20-13-5-15-24-19-7-3-2-6-18(19)20/h2-3,6-11H,4-5,12-15H2,1H3. The maximum Gasteiger partial charge on any atom is 0.175 e. The molecule has 0 N–H and O–H groups in total. The smallest absolute Gasteiger partial charge is 0.175 e. The van der Waals surface area contributed by atoms with Crippen molar-refractivity contribution in [2.75, 3.05) is 36.6 Å². The first-order chi connectivity index (χ1) is 12.0. The Kier molecular flexibility index (Phi) is 5.91. The molecule has 0 aliphatic carbocycles. The molecule has 2 aromatic rings. The highest BCUT2D eigenvalue weighted by Gasteiger charge is 2.14. The molecule has 0 aromatic heterocycles. The van der Waals surface area contributed by atoms with E-state index >= 15 is 0 Å². The third-order valence-electron chi connectivity index (χ3n) is 4.13. The normalized spacial score (nSPS) is 14.7. The van der Waals surface area contributed by atoms with Gasteiger partial charge in [-0.2, -0.15) is 0 Å². The highest BCUT2D eigenvalue weighted by Crippen LogP contribution is 2.33. The maximum absolute atomic E-state index is 11.5. The summed E-state index contributed by atoms with van der Waals surface area (Å²) in [5.74, 6) is 1.87. The Balaban J connectivity index is 1.52. The number of fused-ring (bicyclic) bond motifs is 1. The molecular weight excluding hydrogens is 354 g/mol. The third kappa shape index (κ3) is 4.92. The summed E-state index contributed by atoms with van der Waals surface area (Å²) in [6.07, 6.45) is 3.32. The number of rotatable bonds is 6. The van der Waals surface area contributed by atoms with Crippen LogP contribution in [0.5, 0.6) is 5.75 Å². The van der Waals surface area contributed by atoms with Crippen molar-refractivity contribution in [2.45, 2.75) is 22.6 Å². The summed E-state index contributed by atoms with van der Waals surface area (Å²) in [6, 6.07) is 15.2. The second kappa shape index (κ2) is 8.15. The van der Waals surface area contributed by atoms with Gasteiger partial charge in [-0.05, 0) is 55.0 Å². The van der Waals surface area contributed by atoms with Gasteiger partial charge in [0.1, 0.15) is 5.75 Å². The van der Waals surface area contributed by atoms with Crippen molar-refractivity contribution in [3.63, 3.8) is 0 Å². The fourth-order valence-corrected chi connectivity index (χ4v) is 4.50. The van der Waals surface area contributed by atoms with Gasteiger partial charge in [0.15, 0.2) is 9.84 Å². The molecular formula is C19H23NO3S2. The Morgan fingerprint density at radius 1 is 1.12 bits per heavy atom. The van der Waals surface area contributed by atoms with Crippen molar-refractivity contribution < 1.29 is 13.2 Å². The van der Waals surface area contributed by atoms with Gasteiger partial charge in [0.2, 0.25) is 0 Å². The van der Waals surface area contributed by atoms with Crippen LogP contribution in [0.3, 0.4) is 0 Å². The van der Waals surface area contributed by atoms with Gasteiger partial charge in [-0.25, -0.2) is 8.42 Å². The van der Waals surface area contributed by atoms with E-state index < -0.39 is 9.84 Å². The molecule has 0 unspecified atom stereocenters. The molecule has 1 aliphatic rings. The van der Waals surface area contributed by atoms with Crippen LogP contribution in [0.25, 0.3) is 0 Å². The summed E-state index contributed by atoms with van der Waals surface area (Å²) in [4.78, 5) is 4.11. The number of nitrogens with zero attached hydrogens (tertiary/aromatic N) is 1. The van der Waals surface area contributed by atoms with E-state index in [4.69, 9.17) is 4.74 Å².